The van der Waals surface area contributed by atoms with E-state index in [0.717, 1.165) is 31.7 Å². The highest BCUT2D eigenvalue weighted by Crippen LogP contribution is 2.20. The standard InChI is InChI=1S/C19H21N5O2/c25-14-22-7-9-23(10-8-22)18-12-20-17(11-21-18)19(26)24-6-5-15-3-1-2-4-16(15)13-24/h1-4,11-12,14H,5-10,13H2. The molecular formula is C19H21N5O2. The van der Waals surface area contributed by atoms with Gasteiger partial charge in [-0.1, -0.05) is 24.3 Å². The Balaban J connectivity index is 1.42. The van der Waals surface area contributed by atoms with Crippen LogP contribution in [0.1, 0.15) is 21.6 Å². The Morgan fingerprint density at radius 1 is 0.962 bits per heavy atom. The van der Waals surface area contributed by atoms with Crippen LogP contribution >= 0.6 is 0 Å². The van der Waals surface area contributed by atoms with E-state index in [2.05, 4.69) is 27.0 Å². The summed E-state index contributed by atoms with van der Waals surface area (Å²) in [5.74, 6) is 0.667. The summed E-state index contributed by atoms with van der Waals surface area (Å²) in [4.78, 5) is 38.0. The maximum atomic E-state index is 12.7. The molecule has 2 aliphatic heterocycles. The molecule has 0 radical (unpaired) electrons. The summed E-state index contributed by atoms with van der Waals surface area (Å²) in [6.07, 6.45) is 4.96. The van der Waals surface area contributed by atoms with E-state index in [1.807, 2.05) is 17.0 Å². The predicted octanol–water partition coefficient (Wildman–Crippen LogP) is 0.953. The van der Waals surface area contributed by atoms with Gasteiger partial charge in [-0.15, -0.1) is 0 Å². The van der Waals surface area contributed by atoms with Crippen LogP contribution in [0.2, 0.25) is 0 Å². The highest BCUT2D eigenvalue weighted by atomic mass is 16.2. The number of anilines is 1. The maximum Gasteiger partial charge on any atom is 0.274 e. The molecule has 0 atom stereocenters. The molecule has 1 fully saturated rings. The molecule has 4 rings (SSSR count). The van der Waals surface area contributed by atoms with Gasteiger partial charge in [-0.2, -0.15) is 0 Å². The number of carbonyl (C=O) groups is 2. The third kappa shape index (κ3) is 3.24. The van der Waals surface area contributed by atoms with Crippen molar-refractivity contribution in [2.75, 3.05) is 37.6 Å². The lowest BCUT2D eigenvalue weighted by Gasteiger charge is -2.33. The second kappa shape index (κ2) is 7.11. The zero-order chi connectivity index (χ0) is 17.9. The first kappa shape index (κ1) is 16.5. The zero-order valence-electron chi connectivity index (χ0n) is 14.5. The molecule has 0 bridgehead atoms. The van der Waals surface area contributed by atoms with Gasteiger partial charge in [0, 0.05) is 39.3 Å². The van der Waals surface area contributed by atoms with Crippen LogP contribution in [-0.4, -0.2) is 64.8 Å². The van der Waals surface area contributed by atoms with Crippen molar-refractivity contribution in [3.05, 3.63) is 53.5 Å². The number of benzene rings is 1. The minimum Gasteiger partial charge on any atom is -0.352 e. The second-order valence-electron chi connectivity index (χ2n) is 6.63. The van der Waals surface area contributed by atoms with Gasteiger partial charge < -0.3 is 14.7 Å². The highest BCUT2D eigenvalue weighted by molar-refractivity contribution is 5.92. The van der Waals surface area contributed by atoms with E-state index in [0.29, 0.717) is 31.9 Å². The van der Waals surface area contributed by atoms with Crippen molar-refractivity contribution in [1.82, 2.24) is 19.8 Å². The number of amides is 2. The van der Waals surface area contributed by atoms with Crippen LogP contribution in [0.4, 0.5) is 5.82 Å². The Hall–Kier alpha value is -2.96. The number of aromatic nitrogens is 2. The normalized spacial score (nSPS) is 17.0. The Morgan fingerprint density at radius 2 is 1.73 bits per heavy atom. The smallest absolute Gasteiger partial charge is 0.274 e. The van der Waals surface area contributed by atoms with Crippen LogP contribution in [0.5, 0.6) is 0 Å². The molecular weight excluding hydrogens is 330 g/mol. The van der Waals surface area contributed by atoms with Crippen molar-refractivity contribution in [3.8, 4) is 0 Å². The van der Waals surface area contributed by atoms with E-state index in [9.17, 15) is 9.59 Å². The third-order valence-electron chi connectivity index (χ3n) is 5.06. The van der Waals surface area contributed by atoms with Crippen LogP contribution in [-0.2, 0) is 17.8 Å². The lowest BCUT2D eigenvalue weighted by atomic mass is 10.00. The predicted molar refractivity (Wildman–Crippen MR) is 96.8 cm³/mol. The maximum absolute atomic E-state index is 12.7. The Labute approximate surface area is 152 Å². The molecule has 0 N–H and O–H groups in total. The molecule has 0 spiro atoms. The second-order valence-corrected chi connectivity index (χ2v) is 6.63. The Kier molecular flexibility index (Phi) is 4.51. The monoisotopic (exact) mass is 351 g/mol. The molecule has 2 amide bonds. The fraction of sp³-hybridized carbons (Fsp3) is 0.368. The fourth-order valence-corrected chi connectivity index (χ4v) is 3.48. The van der Waals surface area contributed by atoms with Crippen molar-refractivity contribution < 1.29 is 9.59 Å². The van der Waals surface area contributed by atoms with Crippen molar-refractivity contribution in [1.29, 1.82) is 0 Å². The van der Waals surface area contributed by atoms with Gasteiger partial charge in [0.15, 0.2) is 0 Å². The van der Waals surface area contributed by atoms with Crippen molar-refractivity contribution in [3.63, 3.8) is 0 Å². The molecule has 134 valence electrons. The van der Waals surface area contributed by atoms with E-state index < -0.39 is 0 Å². The minimum absolute atomic E-state index is 0.0793. The first-order valence-electron chi connectivity index (χ1n) is 8.87. The summed E-state index contributed by atoms with van der Waals surface area (Å²) in [5, 5.41) is 0. The quantitative estimate of drug-likeness (QED) is 0.770. The third-order valence-corrected chi connectivity index (χ3v) is 5.06. The molecule has 1 aromatic heterocycles. The molecule has 1 saturated heterocycles. The van der Waals surface area contributed by atoms with Crippen molar-refractivity contribution in [2.45, 2.75) is 13.0 Å². The van der Waals surface area contributed by atoms with Crippen LogP contribution in [0, 0.1) is 0 Å². The zero-order valence-corrected chi connectivity index (χ0v) is 14.5. The van der Waals surface area contributed by atoms with Gasteiger partial charge in [-0.3, -0.25) is 9.59 Å². The number of nitrogens with zero attached hydrogens (tertiary/aromatic N) is 5. The molecule has 26 heavy (non-hydrogen) atoms. The molecule has 2 aromatic rings. The van der Waals surface area contributed by atoms with Crippen molar-refractivity contribution >= 4 is 18.1 Å². The molecule has 7 heteroatoms. The fourth-order valence-electron chi connectivity index (χ4n) is 3.48. The highest BCUT2D eigenvalue weighted by Gasteiger charge is 2.23. The van der Waals surface area contributed by atoms with Gasteiger partial charge in [0.2, 0.25) is 6.41 Å². The SMILES string of the molecule is O=CN1CCN(c2cnc(C(=O)N3CCc4ccccc4C3)cn2)CC1. The van der Waals surface area contributed by atoms with Gasteiger partial charge in [0.25, 0.3) is 5.91 Å². The Morgan fingerprint density at radius 3 is 2.42 bits per heavy atom. The molecule has 0 saturated carbocycles. The van der Waals surface area contributed by atoms with E-state index in [4.69, 9.17) is 0 Å². The van der Waals surface area contributed by atoms with Crippen LogP contribution in [0.25, 0.3) is 0 Å². The largest absolute Gasteiger partial charge is 0.352 e. The van der Waals surface area contributed by atoms with E-state index >= 15 is 0 Å². The average molecular weight is 351 g/mol. The summed E-state index contributed by atoms with van der Waals surface area (Å²) in [6, 6.07) is 8.24. The summed E-state index contributed by atoms with van der Waals surface area (Å²) < 4.78 is 0. The number of hydrogen-bond acceptors (Lipinski definition) is 5. The first-order chi connectivity index (χ1) is 12.7. The summed E-state index contributed by atoms with van der Waals surface area (Å²) in [7, 11) is 0. The number of piperazine rings is 1. The van der Waals surface area contributed by atoms with Gasteiger partial charge in [0.1, 0.15) is 11.5 Å². The molecule has 1 aromatic carbocycles. The summed E-state index contributed by atoms with van der Waals surface area (Å²) in [5.41, 5.74) is 2.89. The lowest BCUT2D eigenvalue weighted by molar-refractivity contribution is -0.118. The molecule has 3 heterocycles. The number of carbonyl (C=O) groups excluding carboxylic acids is 2. The van der Waals surface area contributed by atoms with Crippen LogP contribution in [0.15, 0.2) is 36.7 Å². The molecule has 7 nitrogen and oxygen atoms in total. The topological polar surface area (TPSA) is 69.6 Å². The first-order valence-corrected chi connectivity index (χ1v) is 8.87. The van der Waals surface area contributed by atoms with Crippen LogP contribution in [0.3, 0.4) is 0 Å². The minimum atomic E-state index is -0.0793. The van der Waals surface area contributed by atoms with Gasteiger partial charge in [-0.25, -0.2) is 9.97 Å². The van der Waals surface area contributed by atoms with Gasteiger partial charge in [0.05, 0.1) is 12.4 Å². The van der Waals surface area contributed by atoms with E-state index in [1.165, 1.54) is 11.1 Å². The molecule has 2 aliphatic rings. The molecule has 0 aliphatic carbocycles. The summed E-state index contributed by atoms with van der Waals surface area (Å²) in [6.45, 7) is 4.13. The van der Waals surface area contributed by atoms with Crippen molar-refractivity contribution in [2.24, 2.45) is 0 Å². The number of rotatable bonds is 3. The van der Waals surface area contributed by atoms with Crippen LogP contribution < -0.4 is 4.90 Å². The summed E-state index contributed by atoms with van der Waals surface area (Å²) >= 11 is 0. The van der Waals surface area contributed by atoms with Gasteiger partial charge >= 0.3 is 0 Å². The average Bonchev–Trinajstić information content (AvgIpc) is 2.73. The number of fused-ring (bicyclic) bond motifs is 1. The Bertz CT molecular complexity index is 800. The van der Waals surface area contributed by atoms with Gasteiger partial charge in [-0.05, 0) is 17.5 Å². The van der Waals surface area contributed by atoms with E-state index in [1.54, 1.807) is 17.3 Å². The lowest BCUT2D eigenvalue weighted by Crippen LogP contribution is -2.46. The number of hydrogen-bond donors (Lipinski definition) is 0. The van der Waals surface area contributed by atoms with E-state index in [-0.39, 0.29) is 5.91 Å². The molecule has 0 unspecified atom stereocenters.